The van der Waals surface area contributed by atoms with E-state index >= 15 is 0 Å². The zero-order valence-electron chi connectivity index (χ0n) is 7.54. The molecule has 13 heavy (non-hydrogen) atoms. The Hall–Kier alpha value is -1.02. The fourth-order valence-electron chi connectivity index (χ4n) is 1.35. The third kappa shape index (κ3) is 1.42. The quantitative estimate of drug-likeness (QED) is 0.695. The molecule has 2 nitrogen and oxygen atoms in total. The smallest absolute Gasteiger partial charge is 0.168 e. The van der Waals surface area contributed by atoms with E-state index < -0.39 is 0 Å². The number of hydrogen-bond donors (Lipinski definition) is 0. The van der Waals surface area contributed by atoms with Crippen molar-refractivity contribution in [1.82, 2.24) is 5.16 Å². The summed E-state index contributed by atoms with van der Waals surface area (Å²) in [5.74, 6) is 0.377. The zero-order valence-corrected chi connectivity index (χ0v) is 8.30. The molecule has 0 unspecified atom stereocenters. The number of aromatic nitrogens is 1. The van der Waals surface area contributed by atoms with Gasteiger partial charge in [-0.15, -0.1) is 0 Å². The Morgan fingerprint density at radius 2 is 2.15 bits per heavy atom. The molecule has 0 bridgehead atoms. The second-order valence-corrected chi connectivity index (χ2v) is 3.80. The predicted octanol–water partition coefficient (Wildman–Crippen LogP) is 3.60. The van der Waals surface area contributed by atoms with E-state index in [2.05, 4.69) is 19.0 Å². The van der Waals surface area contributed by atoms with Crippen LogP contribution in [0.4, 0.5) is 0 Å². The maximum Gasteiger partial charge on any atom is 0.168 e. The summed E-state index contributed by atoms with van der Waals surface area (Å²) in [5, 5.41) is 5.74. The molecule has 0 aliphatic heterocycles. The molecular formula is C10H10ClNO. The van der Waals surface area contributed by atoms with E-state index in [1.54, 1.807) is 6.07 Å². The number of halogens is 1. The van der Waals surface area contributed by atoms with Gasteiger partial charge in [0.15, 0.2) is 5.58 Å². The lowest BCUT2D eigenvalue weighted by Gasteiger charge is -1.97. The molecule has 0 N–H and O–H groups in total. The van der Waals surface area contributed by atoms with Crippen molar-refractivity contribution in [3.8, 4) is 0 Å². The van der Waals surface area contributed by atoms with Crippen LogP contribution in [0.3, 0.4) is 0 Å². The Morgan fingerprint density at radius 3 is 2.85 bits per heavy atom. The van der Waals surface area contributed by atoms with Gasteiger partial charge in [-0.05, 0) is 18.1 Å². The van der Waals surface area contributed by atoms with E-state index in [1.165, 1.54) is 0 Å². The van der Waals surface area contributed by atoms with Crippen molar-refractivity contribution >= 4 is 22.6 Å². The molecule has 0 radical (unpaired) electrons. The van der Waals surface area contributed by atoms with Crippen LogP contribution in [0.2, 0.25) is 5.02 Å². The molecular weight excluding hydrogens is 186 g/mol. The van der Waals surface area contributed by atoms with E-state index in [9.17, 15) is 0 Å². The van der Waals surface area contributed by atoms with Crippen LogP contribution in [0.1, 0.15) is 25.5 Å². The lowest BCUT2D eigenvalue weighted by atomic mass is 10.1. The van der Waals surface area contributed by atoms with Gasteiger partial charge in [0.25, 0.3) is 0 Å². The van der Waals surface area contributed by atoms with E-state index in [0.29, 0.717) is 10.9 Å². The van der Waals surface area contributed by atoms with Gasteiger partial charge in [0, 0.05) is 16.5 Å². The minimum absolute atomic E-state index is 0.377. The third-order valence-corrected chi connectivity index (χ3v) is 2.24. The van der Waals surface area contributed by atoms with E-state index in [4.69, 9.17) is 16.1 Å². The van der Waals surface area contributed by atoms with Crippen molar-refractivity contribution in [2.45, 2.75) is 19.8 Å². The van der Waals surface area contributed by atoms with Crippen LogP contribution in [0, 0.1) is 0 Å². The second kappa shape index (κ2) is 3.04. The summed E-state index contributed by atoms with van der Waals surface area (Å²) in [5.41, 5.74) is 1.75. The van der Waals surface area contributed by atoms with Gasteiger partial charge in [-0.3, -0.25) is 0 Å². The molecule has 0 atom stereocenters. The highest BCUT2D eigenvalue weighted by molar-refractivity contribution is 6.31. The molecule has 0 aliphatic carbocycles. The SMILES string of the molecule is CC(C)c1noc2cc(Cl)ccc12. The summed E-state index contributed by atoms with van der Waals surface area (Å²) in [6.45, 7) is 4.18. The molecule has 0 amide bonds. The van der Waals surface area contributed by atoms with Crippen LogP contribution in [0.25, 0.3) is 11.0 Å². The Labute approximate surface area is 81.5 Å². The Kier molecular flexibility index (Phi) is 2.00. The van der Waals surface area contributed by atoms with Gasteiger partial charge in [-0.1, -0.05) is 30.6 Å². The fraction of sp³-hybridized carbons (Fsp3) is 0.300. The Morgan fingerprint density at radius 1 is 1.38 bits per heavy atom. The summed E-state index contributed by atoms with van der Waals surface area (Å²) in [6.07, 6.45) is 0. The molecule has 1 heterocycles. The van der Waals surface area contributed by atoms with Crippen LogP contribution in [0.5, 0.6) is 0 Å². The minimum Gasteiger partial charge on any atom is -0.356 e. The van der Waals surface area contributed by atoms with Crippen molar-refractivity contribution in [2.75, 3.05) is 0 Å². The Balaban J connectivity index is 2.69. The highest BCUT2D eigenvalue weighted by Gasteiger charge is 2.10. The third-order valence-electron chi connectivity index (χ3n) is 2.01. The molecule has 0 fully saturated rings. The standard InChI is InChI=1S/C10H10ClNO/c1-6(2)10-8-4-3-7(11)5-9(8)13-12-10/h3-6H,1-2H3. The molecule has 2 aromatic rings. The molecule has 3 heteroatoms. The van der Waals surface area contributed by atoms with E-state index in [0.717, 1.165) is 16.7 Å². The monoisotopic (exact) mass is 195 g/mol. The van der Waals surface area contributed by atoms with Crippen LogP contribution >= 0.6 is 11.6 Å². The summed E-state index contributed by atoms with van der Waals surface area (Å²) >= 11 is 5.82. The highest BCUT2D eigenvalue weighted by atomic mass is 35.5. The van der Waals surface area contributed by atoms with E-state index in [-0.39, 0.29) is 0 Å². The number of rotatable bonds is 1. The van der Waals surface area contributed by atoms with Gasteiger partial charge in [0.1, 0.15) is 0 Å². The highest BCUT2D eigenvalue weighted by Crippen LogP contribution is 2.26. The Bertz CT molecular complexity index is 433. The van der Waals surface area contributed by atoms with Crippen LogP contribution in [-0.4, -0.2) is 5.16 Å². The molecule has 68 valence electrons. The molecule has 0 saturated heterocycles. The fourth-order valence-corrected chi connectivity index (χ4v) is 1.51. The van der Waals surface area contributed by atoms with Crippen LogP contribution in [0.15, 0.2) is 22.7 Å². The minimum atomic E-state index is 0.377. The maximum atomic E-state index is 5.82. The first kappa shape index (κ1) is 8.57. The topological polar surface area (TPSA) is 26.0 Å². The normalized spacial score (nSPS) is 11.4. The lowest BCUT2D eigenvalue weighted by molar-refractivity contribution is 0.441. The summed E-state index contributed by atoms with van der Waals surface area (Å²) in [7, 11) is 0. The number of nitrogens with zero attached hydrogens (tertiary/aromatic N) is 1. The largest absolute Gasteiger partial charge is 0.356 e. The average molecular weight is 196 g/mol. The second-order valence-electron chi connectivity index (χ2n) is 3.36. The van der Waals surface area contributed by atoms with Crippen molar-refractivity contribution in [2.24, 2.45) is 0 Å². The summed E-state index contributed by atoms with van der Waals surface area (Å²) in [4.78, 5) is 0. The lowest BCUT2D eigenvalue weighted by Crippen LogP contribution is -1.86. The number of fused-ring (bicyclic) bond motifs is 1. The maximum absolute atomic E-state index is 5.82. The van der Waals surface area contributed by atoms with Gasteiger partial charge >= 0.3 is 0 Å². The first-order valence-electron chi connectivity index (χ1n) is 4.23. The first-order valence-corrected chi connectivity index (χ1v) is 4.61. The molecule has 2 rings (SSSR count). The molecule has 1 aromatic carbocycles. The van der Waals surface area contributed by atoms with Gasteiger partial charge in [0.2, 0.25) is 0 Å². The number of benzene rings is 1. The molecule has 0 saturated carbocycles. The van der Waals surface area contributed by atoms with Crippen molar-refractivity contribution in [1.29, 1.82) is 0 Å². The summed E-state index contributed by atoms with van der Waals surface area (Å²) < 4.78 is 5.16. The van der Waals surface area contributed by atoms with Crippen molar-refractivity contribution < 1.29 is 4.52 Å². The van der Waals surface area contributed by atoms with E-state index in [1.807, 2.05) is 12.1 Å². The van der Waals surface area contributed by atoms with Crippen LogP contribution < -0.4 is 0 Å². The molecule has 1 aromatic heterocycles. The van der Waals surface area contributed by atoms with Crippen molar-refractivity contribution in [3.05, 3.63) is 28.9 Å². The molecule has 0 spiro atoms. The first-order chi connectivity index (χ1) is 6.18. The van der Waals surface area contributed by atoms with Gasteiger partial charge < -0.3 is 4.52 Å². The average Bonchev–Trinajstić information content (AvgIpc) is 2.46. The predicted molar refractivity (Wildman–Crippen MR) is 53.1 cm³/mol. The zero-order chi connectivity index (χ0) is 9.42. The summed E-state index contributed by atoms with van der Waals surface area (Å²) in [6, 6.07) is 5.59. The molecule has 0 aliphatic rings. The van der Waals surface area contributed by atoms with Crippen LogP contribution in [-0.2, 0) is 0 Å². The van der Waals surface area contributed by atoms with Gasteiger partial charge in [-0.25, -0.2) is 0 Å². The van der Waals surface area contributed by atoms with Gasteiger partial charge in [0.05, 0.1) is 5.69 Å². The van der Waals surface area contributed by atoms with Crippen molar-refractivity contribution in [3.63, 3.8) is 0 Å². The van der Waals surface area contributed by atoms with Gasteiger partial charge in [-0.2, -0.15) is 0 Å². The number of hydrogen-bond acceptors (Lipinski definition) is 2.